The highest BCUT2D eigenvalue weighted by atomic mass is 16.7. The minimum Gasteiger partial charge on any atom is -0.459 e. The molecular formula is C46H60N2O8. The molecule has 1 saturated carbocycles. The van der Waals surface area contributed by atoms with E-state index in [0.717, 1.165) is 59.1 Å². The van der Waals surface area contributed by atoms with Crippen LogP contribution in [0.1, 0.15) is 90.5 Å². The number of hydrogen-bond acceptors (Lipinski definition) is 9. The minimum absolute atomic E-state index is 0.0977. The summed E-state index contributed by atoms with van der Waals surface area (Å²) in [5.74, 6) is 0.385. The van der Waals surface area contributed by atoms with Crippen molar-refractivity contribution in [2.75, 3.05) is 33.5 Å². The Hall–Kier alpha value is -4.38. The van der Waals surface area contributed by atoms with Crippen LogP contribution < -0.4 is 9.47 Å². The van der Waals surface area contributed by atoms with E-state index in [1.54, 1.807) is 11.0 Å². The third-order valence-corrected chi connectivity index (χ3v) is 11.3. The van der Waals surface area contributed by atoms with Crippen molar-refractivity contribution < 1.29 is 38.8 Å². The number of aliphatic hydroxyl groups excluding tert-OH is 2. The average molecular weight is 769 g/mol. The molecule has 2 aliphatic carbocycles. The van der Waals surface area contributed by atoms with Gasteiger partial charge in [-0.05, 0) is 111 Å². The number of hydrogen-bond donors (Lipinski definition) is 2. The smallest absolute Gasteiger partial charge is 0.409 e. The van der Waals surface area contributed by atoms with E-state index < -0.39 is 29.4 Å². The summed E-state index contributed by atoms with van der Waals surface area (Å²) in [5.41, 5.74) is 2.17. The summed E-state index contributed by atoms with van der Waals surface area (Å²) in [5, 5.41) is 26.9. The first kappa shape index (κ1) is 41.3. The molecule has 0 unspecified atom stereocenters. The fourth-order valence-corrected chi connectivity index (χ4v) is 9.00. The van der Waals surface area contributed by atoms with Gasteiger partial charge in [-0.3, -0.25) is 4.90 Å². The Bertz CT molecular complexity index is 1880. The van der Waals surface area contributed by atoms with Gasteiger partial charge in [0.2, 0.25) is 5.79 Å². The summed E-state index contributed by atoms with van der Waals surface area (Å²) in [6.45, 7) is 12.8. The summed E-state index contributed by atoms with van der Waals surface area (Å²) in [6, 6.07) is 19.7. The zero-order valence-corrected chi connectivity index (χ0v) is 33.7. The molecule has 0 saturated heterocycles. The predicted molar refractivity (Wildman–Crippen MR) is 219 cm³/mol. The Morgan fingerprint density at radius 2 is 1.71 bits per heavy atom. The largest absolute Gasteiger partial charge is 0.459 e. The fourth-order valence-electron chi connectivity index (χ4n) is 9.00. The molecule has 56 heavy (non-hydrogen) atoms. The van der Waals surface area contributed by atoms with Crippen molar-refractivity contribution in [1.29, 1.82) is 0 Å². The van der Waals surface area contributed by atoms with Gasteiger partial charge in [-0.2, -0.15) is 0 Å². The Morgan fingerprint density at radius 3 is 2.41 bits per heavy atom. The number of rotatable bonds is 17. The zero-order valence-electron chi connectivity index (χ0n) is 33.7. The number of allylic oxidation sites excluding steroid dienone is 1. The summed E-state index contributed by atoms with van der Waals surface area (Å²) in [4.78, 5) is 21.7. The van der Waals surface area contributed by atoms with E-state index in [1.807, 2.05) is 58.0 Å². The molecule has 10 nitrogen and oxygen atoms in total. The number of unbranched alkanes of at least 4 members (excludes halogenated alkanes) is 2. The monoisotopic (exact) mass is 768 g/mol. The Kier molecular flexibility index (Phi) is 13.5. The molecule has 6 atom stereocenters. The lowest BCUT2D eigenvalue weighted by Gasteiger charge is -2.59. The lowest BCUT2D eigenvalue weighted by molar-refractivity contribution is -0.255. The highest BCUT2D eigenvalue weighted by Crippen LogP contribution is 2.62. The number of carbonyl (C=O) groups excluding carboxylic acids is 1. The van der Waals surface area contributed by atoms with Crippen molar-refractivity contribution >= 4 is 22.6 Å². The first-order valence-electron chi connectivity index (χ1n) is 20.3. The van der Waals surface area contributed by atoms with Gasteiger partial charge in [0.05, 0.1) is 25.3 Å². The van der Waals surface area contributed by atoms with Crippen molar-refractivity contribution in [2.45, 2.75) is 102 Å². The van der Waals surface area contributed by atoms with Gasteiger partial charge in [-0.15, -0.1) is 6.58 Å². The van der Waals surface area contributed by atoms with Gasteiger partial charge in [0.1, 0.15) is 28.9 Å². The van der Waals surface area contributed by atoms with Gasteiger partial charge >= 0.3 is 6.09 Å². The molecule has 1 fully saturated rings. The molecule has 1 heterocycles. The quantitative estimate of drug-likeness (QED) is 0.0792. The third-order valence-electron chi connectivity index (χ3n) is 11.3. The Labute approximate surface area is 332 Å². The lowest BCUT2D eigenvalue weighted by atomic mass is 9.55. The molecule has 0 aromatic heterocycles. The number of fused-ring (bicyclic) bond motifs is 3. The Balaban J connectivity index is 1.58. The molecule has 1 amide bonds. The van der Waals surface area contributed by atoms with Crippen LogP contribution >= 0.6 is 0 Å². The third kappa shape index (κ3) is 8.77. The second-order valence-electron chi connectivity index (χ2n) is 16.3. The van der Waals surface area contributed by atoms with Crippen LogP contribution in [0, 0.1) is 17.8 Å². The number of amides is 1. The van der Waals surface area contributed by atoms with Gasteiger partial charge in [-0.25, -0.2) is 4.79 Å². The molecular weight excluding hydrogens is 709 g/mol. The van der Waals surface area contributed by atoms with Crippen LogP contribution in [-0.4, -0.2) is 77.8 Å². The SMILES string of the molecule is C=CCO[C@@]12Oc3ccc(Oc4ccc5ccccc5c4)cc3[C@H]3[C@H](CCCCO)[C@@H](CCCCO)C=C(C(=NOC(C)(C)C)C[C@@H]1N(CCC)C(=O)OC)[C@H]32. The maximum Gasteiger partial charge on any atom is 0.409 e. The summed E-state index contributed by atoms with van der Waals surface area (Å²) in [7, 11) is 1.40. The standard InChI is InChI=1S/C46H60N2O8/c1-7-23-48(44(51)52-6)41-30-39(47-56-45(3,4)5)37-28-33(17-11-13-24-49)36(18-12-14-25-50)42-38-29-35(54-34-20-19-31-15-9-10-16-32(31)27-34)21-22-40(38)55-46(41,43(37)42)53-26-8-2/h8-10,15-16,19-22,27-29,33,36,41-43,49-50H,2,7,11-14,17-18,23-26,30H2,1,3-6H3/t33-,36+,41-,42+,43+,46+/m0/s1. The molecule has 1 aliphatic heterocycles. The van der Waals surface area contributed by atoms with Crippen LogP contribution in [0.2, 0.25) is 0 Å². The van der Waals surface area contributed by atoms with Crippen LogP contribution in [0.4, 0.5) is 4.79 Å². The van der Waals surface area contributed by atoms with Crippen molar-refractivity contribution in [2.24, 2.45) is 22.9 Å². The number of benzene rings is 3. The van der Waals surface area contributed by atoms with E-state index in [4.69, 9.17) is 28.9 Å². The van der Waals surface area contributed by atoms with E-state index in [0.29, 0.717) is 43.7 Å². The summed E-state index contributed by atoms with van der Waals surface area (Å²) >= 11 is 0. The summed E-state index contributed by atoms with van der Waals surface area (Å²) < 4.78 is 26.3. The molecule has 3 aromatic rings. The van der Waals surface area contributed by atoms with Crippen molar-refractivity contribution in [3.8, 4) is 17.2 Å². The highest BCUT2D eigenvalue weighted by molar-refractivity contribution is 6.03. The van der Waals surface area contributed by atoms with Crippen LogP contribution in [0.15, 0.2) is 90.1 Å². The fraction of sp³-hybridized carbons (Fsp3) is 0.522. The number of carbonyl (C=O) groups is 1. The van der Waals surface area contributed by atoms with Crippen LogP contribution in [-0.2, 0) is 14.3 Å². The van der Waals surface area contributed by atoms with Crippen molar-refractivity contribution in [3.63, 3.8) is 0 Å². The van der Waals surface area contributed by atoms with E-state index >= 15 is 0 Å². The molecule has 302 valence electrons. The zero-order chi connectivity index (χ0) is 39.9. The van der Waals surface area contributed by atoms with Crippen LogP contribution in [0.5, 0.6) is 17.2 Å². The number of ether oxygens (including phenoxy) is 4. The normalized spacial score (nSPS) is 24.7. The minimum atomic E-state index is -1.34. The number of oxime groups is 1. The molecule has 3 aromatic carbocycles. The number of nitrogens with zero attached hydrogens (tertiary/aromatic N) is 2. The summed E-state index contributed by atoms with van der Waals surface area (Å²) in [6.07, 6.45) is 9.37. The average Bonchev–Trinajstić information content (AvgIpc) is 3.19. The van der Waals surface area contributed by atoms with Crippen molar-refractivity contribution in [1.82, 2.24) is 4.90 Å². The van der Waals surface area contributed by atoms with Crippen molar-refractivity contribution in [3.05, 3.63) is 90.5 Å². The van der Waals surface area contributed by atoms with E-state index in [1.165, 1.54) is 7.11 Å². The van der Waals surface area contributed by atoms with Gasteiger partial charge in [0, 0.05) is 37.7 Å². The van der Waals surface area contributed by atoms with Gasteiger partial charge < -0.3 is 34.0 Å². The predicted octanol–water partition coefficient (Wildman–Crippen LogP) is 9.54. The molecule has 0 spiro atoms. The highest BCUT2D eigenvalue weighted by Gasteiger charge is 2.65. The van der Waals surface area contributed by atoms with E-state index in [2.05, 4.69) is 43.0 Å². The molecule has 0 radical (unpaired) electrons. The van der Waals surface area contributed by atoms with E-state index in [-0.39, 0.29) is 37.6 Å². The number of aliphatic hydroxyl groups is 2. The second-order valence-corrected chi connectivity index (χ2v) is 16.3. The van der Waals surface area contributed by atoms with Gasteiger partial charge in [0.25, 0.3) is 0 Å². The van der Waals surface area contributed by atoms with Crippen LogP contribution in [0.25, 0.3) is 10.8 Å². The maximum atomic E-state index is 13.8. The maximum absolute atomic E-state index is 13.8. The number of methoxy groups -OCH3 is 1. The van der Waals surface area contributed by atoms with E-state index in [9.17, 15) is 15.0 Å². The second kappa shape index (κ2) is 18.3. The molecule has 10 heteroatoms. The molecule has 2 N–H and O–H groups in total. The molecule has 3 aliphatic rings. The first-order chi connectivity index (χ1) is 27.1. The van der Waals surface area contributed by atoms with Crippen LogP contribution in [0.3, 0.4) is 0 Å². The Morgan fingerprint density at radius 1 is 1.00 bits per heavy atom. The topological polar surface area (TPSA) is 119 Å². The molecule has 6 rings (SSSR count). The lowest BCUT2D eigenvalue weighted by Crippen LogP contribution is -2.70. The van der Waals surface area contributed by atoms with Gasteiger partial charge in [0.15, 0.2) is 0 Å². The first-order valence-corrected chi connectivity index (χ1v) is 20.3. The molecule has 0 bridgehead atoms. The van der Waals surface area contributed by atoms with Gasteiger partial charge in [-0.1, -0.05) is 67.4 Å².